The van der Waals surface area contributed by atoms with Gasteiger partial charge in [-0.15, -0.1) is 11.8 Å². The molecule has 0 aromatic heterocycles. The van der Waals surface area contributed by atoms with Crippen LogP contribution in [0.4, 0.5) is 4.39 Å². The van der Waals surface area contributed by atoms with Crippen LogP contribution in [0, 0.1) is 6.92 Å². The Balaban J connectivity index is 2.46. The van der Waals surface area contributed by atoms with Gasteiger partial charge in [0.05, 0.1) is 5.75 Å². The molecule has 0 heterocycles. The van der Waals surface area contributed by atoms with Crippen LogP contribution in [0.2, 0.25) is 0 Å². The van der Waals surface area contributed by atoms with Crippen molar-refractivity contribution in [2.24, 2.45) is 0 Å². The van der Waals surface area contributed by atoms with Gasteiger partial charge in [-0.05, 0) is 19.1 Å². The summed E-state index contributed by atoms with van der Waals surface area (Å²) in [7, 11) is 0. The highest BCUT2D eigenvalue weighted by Gasteiger charge is 2.01. The lowest BCUT2D eigenvalue weighted by Gasteiger charge is -1.99. The summed E-state index contributed by atoms with van der Waals surface area (Å²) < 4.78 is 11.8. The monoisotopic (exact) mass is 198 g/mol. The van der Waals surface area contributed by atoms with Crippen LogP contribution in [0.25, 0.3) is 0 Å². The van der Waals surface area contributed by atoms with E-state index >= 15 is 0 Å². The van der Waals surface area contributed by atoms with Crippen LogP contribution < -0.4 is 0 Å². The summed E-state index contributed by atoms with van der Waals surface area (Å²) in [5.41, 5.74) is 1.18. The number of hydrogen-bond acceptors (Lipinski definition) is 2. The maximum atomic E-state index is 11.8. The summed E-state index contributed by atoms with van der Waals surface area (Å²) in [6, 6.07) is 7.82. The third-order valence-electron chi connectivity index (χ3n) is 1.57. The minimum atomic E-state index is -0.862. The van der Waals surface area contributed by atoms with Crippen molar-refractivity contribution >= 4 is 17.5 Å². The Hall–Kier alpha value is -0.830. The van der Waals surface area contributed by atoms with E-state index in [1.807, 2.05) is 31.2 Å². The van der Waals surface area contributed by atoms with Gasteiger partial charge in [0.1, 0.15) is 6.67 Å². The van der Waals surface area contributed by atoms with Gasteiger partial charge in [-0.1, -0.05) is 17.7 Å². The van der Waals surface area contributed by atoms with E-state index in [1.54, 1.807) is 0 Å². The Morgan fingerprint density at radius 2 is 2.00 bits per heavy atom. The van der Waals surface area contributed by atoms with Crippen LogP contribution in [0.1, 0.15) is 5.56 Å². The summed E-state index contributed by atoms with van der Waals surface area (Å²) in [4.78, 5) is 11.7. The van der Waals surface area contributed by atoms with Crippen LogP contribution in [-0.2, 0) is 4.79 Å². The van der Waals surface area contributed by atoms with E-state index in [4.69, 9.17) is 0 Å². The number of halogens is 1. The number of alkyl halides is 1. The van der Waals surface area contributed by atoms with Crippen molar-refractivity contribution in [1.82, 2.24) is 0 Å². The minimum absolute atomic E-state index is 0.222. The molecule has 1 aromatic carbocycles. The molecule has 0 saturated carbocycles. The number of carbonyl (C=O) groups is 1. The first-order chi connectivity index (χ1) is 6.22. The molecule has 0 saturated heterocycles. The molecule has 0 N–H and O–H groups in total. The zero-order valence-corrected chi connectivity index (χ0v) is 8.23. The molecule has 3 heteroatoms. The maximum Gasteiger partial charge on any atom is 0.173 e. The molecule has 1 nitrogen and oxygen atoms in total. The summed E-state index contributed by atoms with van der Waals surface area (Å²) in [5.74, 6) is -0.134. The van der Waals surface area contributed by atoms with Gasteiger partial charge in [-0.3, -0.25) is 4.79 Å². The number of hydrogen-bond donors (Lipinski definition) is 0. The van der Waals surface area contributed by atoms with Gasteiger partial charge in [-0.2, -0.15) is 0 Å². The third kappa shape index (κ3) is 3.59. The molecule has 1 rings (SSSR count). The Morgan fingerprint density at radius 1 is 1.38 bits per heavy atom. The fourth-order valence-corrected chi connectivity index (χ4v) is 1.57. The zero-order chi connectivity index (χ0) is 9.68. The summed E-state index contributed by atoms with van der Waals surface area (Å²) in [5, 5.41) is 0. The molecule has 0 radical (unpaired) electrons. The Kier molecular flexibility index (Phi) is 3.96. The van der Waals surface area contributed by atoms with E-state index in [1.165, 1.54) is 17.3 Å². The van der Waals surface area contributed by atoms with Crippen molar-refractivity contribution < 1.29 is 9.18 Å². The van der Waals surface area contributed by atoms with Crippen LogP contribution in [0.5, 0.6) is 0 Å². The number of aryl methyl sites for hydroxylation is 1. The number of rotatable bonds is 4. The molecular weight excluding hydrogens is 187 g/mol. The average Bonchev–Trinajstić information content (AvgIpc) is 2.16. The normalized spacial score (nSPS) is 10.0. The van der Waals surface area contributed by atoms with Crippen molar-refractivity contribution in [2.75, 3.05) is 12.4 Å². The highest BCUT2D eigenvalue weighted by atomic mass is 32.2. The van der Waals surface area contributed by atoms with Gasteiger partial charge in [0.15, 0.2) is 5.78 Å². The second-order valence-corrected chi connectivity index (χ2v) is 3.82. The van der Waals surface area contributed by atoms with E-state index in [0.29, 0.717) is 0 Å². The first-order valence-electron chi connectivity index (χ1n) is 3.99. The number of benzene rings is 1. The standard InChI is InChI=1S/C10H11FOS/c1-8-2-4-10(5-3-8)13-7-9(12)6-11/h2-5H,6-7H2,1H3. The minimum Gasteiger partial charge on any atom is -0.296 e. The Bertz CT molecular complexity index is 281. The molecule has 0 spiro atoms. The molecule has 0 fully saturated rings. The van der Waals surface area contributed by atoms with E-state index in [2.05, 4.69) is 0 Å². The lowest BCUT2D eigenvalue weighted by Crippen LogP contribution is -2.02. The van der Waals surface area contributed by atoms with Crippen molar-refractivity contribution in [1.29, 1.82) is 0 Å². The highest BCUT2D eigenvalue weighted by molar-refractivity contribution is 8.00. The number of carbonyl (C=O) groups excluding carboxylic acids is 1. The number of thioether (sulfide) groups is 1. The van der Waals surface area contributed by atoms with Gasteiger partial charge in [0, 0.05) is 4.90 Å². The fourth-order valence-electron chi connectivity index (χ4n) is 0.837. The van der Waals surface area contributed by atoms with Crippen molar-refractivity contribution in [3.63, 3.8) is 0 Å². The topological polar surface area (TPSA) is 17.1 Å². The Labute approximate surface area is 81.3 Å². The largest absolute Gasteiger partial charge is 0.296 e. The molecule has 0 amide bonds. The fraction of sp³-hybridized carbons (Fsp3) is 0.300. The predicted octanol–water partition coefficient (Wildman–Crippen LogP) is 2.63. The molecule has 0 aliphatic rings. The average molecular weight is 198 g/mol. The highest BCUT2D eigenvalue weighted by Crippen LogP contribution is 2.17. The molecule has 13 heavy (non-hydrogen) atoms. The maximum absolute atomic E-state index is 11.8. The molecular formula is C10H11FOS. The van der Waals surface area contributed by atoms with E-state index in [-0.39, 0.29) is 11.5 Å². The summed E-state index contributed by atoms with van der Waals surface area (Å²) in [6.07, 6.45) is 0. The van der Waals surface area contributed by atoms with Gasteiger partial charge < -0.3 is 0 Å². The van der Waals surface area contributed by atoms with Gasteiger partial charge in [0.2, 0.25) is 0 Å². The first-order valence-corrected chi connectivity index (χ1v) is 4.98. The molecule has 1 aromatic rings. The van der Waals surface area contributed by atoms with Crippen molar-refractivity contribution in [3.8, 4) is 0 Å². The van der Waals surface area contributed by atoms with Crippen molar-refractivity contribution in [2.45, 2.75) is 11.8 Å². The molecule has 0 atom stereocenters. The second-order valence-electron chi connectivity index (χ2n) is 2.77. The van der Waals surface area contributed by atoms with E-state index in [0.717, 1.165) is 4.90 Å². The molecule has 70 valence electrons. The van der Waals surface area contributed by atoms with Gasteiger partial charge in [-0.25, -0.2) is 4.39 Å². The zero-order valence-electron chi connectivity index (χ0n) is 7.42. The van der Waals surface area contributed by atoms with E-state index < -0.39 is 6.67 Å². The predicted molar refractivity (Wildman–Crippen MR) is 52.9 cm³/mol. The molecule has 0 bridgehead atoms. The number of ketones is 1. The Morgan fingerprint density at radius 3 is 2.54 bits per heavy atom. The third-order valence-corrected chi connectivity index (χ3v) is 2.64. The quantitative estimate of drug-likeness (QED) is 0.692. The second kappa shape index (κ2) is 5.02. The number of Topliss-reactive ketones (excluding diaryl/α,β-unsaturated/α-hetero) is 1. The first kappa shape index (κ1) is 10.3. The smallest absolute Gasteiger partial charge is 0.173 e. The van der Waals surface area contributed by atoms with Crippen LogP contribution >= 0.6 is 11.8 Å². The SMILES string of the molecule is Cc1ccc(SCC(=O)CF)cc1. The molecule has 0 aliphatic heterocycles. The van der Waals surface area contributed by atoms with Crippen LogP contribution in [0.3, 0.4) is 0 Å². The van der Waals surface area contributed by atoms with Gasteiger partial charge in [0.25, 0.3) is 0 Å². The van der Waals surface area contributed by atoms with Crippen LogP contribution in [0.15, 0.2) is 29.2 Å². The lowest BCUT2D eigenvalue weighted by atomic mass is 10.2. The van der Waals surface area contributed by atoms with Crippen LogP contribution in [-0.4, -0.2) is 18.2 Å². The molecule has 0 aliphatic carbocycles. The van der Waals surface area contributed by atoms with Gasteiger partial charge >= 0.3 is 0 Å². The summed E-state index contributed by atoms with van der Waals surface area (Å²) >= 11 is 1.37. The summed E-state index contributed by atoms with van der Waals surface area (Å²) in [6.45, 7) is 1.14. The van der Waals surface area contributed by atoms with Crippen molar-refractivity contribution in [3.05, 3.63) is 29.8 Å². The lowest BCUT2D eigenvalue weighted by molar-refractivity contribution is -0.117. The van der Waals surface area contributed by atoms with E-state index in [9.17, 15) is 9.18 Å². The molecule has 0 unspecified atom stereocenters.